The predicted molar refractivity (Wildman–Crippen MR) is 74.3 cm³/mol. The van der Waals surface area contributed by atoms with Crippen LogP contribution in [-0.2, 0) is 4.74 Å². The second-order valence-corrected chi connectivity index (χ2v) is 6.19. The molecule has 1 rings (SSSR count). The molecule has 1 saturated carbocycles. The summed E-state index contributed by atoms with van der Waals surface area (Å²) in [4.78, 5) is 0. The molecular formula is C15H31NO. The molecule has 1 unspecified atom stereocenters. The van der Waals surface area contributed by atoms with Gasteiger partial charge in [0.1, 0.15) is 0 Å². The molecule has 0 amide bonds. The highest BCUT2D eigenvalue weighted by Crippen LogP contribution is 2.38. The lowest BCUT2D eigenvalue weighted by atomic mass is 9.73. The van der Waals surface area contributed by atoms with E-state index in [0.29, 0.717) is 6.04 Å². The first kappa shape index (κ1) is 15.0. The Kier molecular flexibility index (Phi) is 5.94. The molecule has 102 valence electrons. The van der Waals surface area contributed by atoms with Gasteiger partial charge in [0.05, 0.1) is 5.60 Å². The third-order valence-corrected chi connectivity index (χ3v) is 4.32. The van der Waals surface area contributed by atoms with Crippen LogP contribution >= 0.6 is 0 Å². The Morgan fingerprint density at radius 1 is 1.29 bits per heavy atom. The molecule has 2 heteroatoms. The van der Waals surface area contributed by atoms with Crippen LogP contribution in [0.1, 0.15) is 59.8 Å². The number of nitrogens with one attached hydrogen (secondary N) is 1. The molecule has 1 fully saturated rings. The van der Waals surface area contributed by atoms with Crippen LogP contribution in [0.5, 0.6) is 0 Å². The highest BCUT2D eigenvalue weighted by Gasteiger charge is 2.41. The standard InChI is InChI=1S/C15H31NO/c1-6-16-14(11-12(2)3)15(17-5)9-7-13(4)8-10-15/h12-14,16H,6-11H2,1-5H3. The molecule has 0 heterocycles. The van der Waals surface area contributed by atoms with E-state index in [4.69, 9.17) is 4.74 Å². The second-order valence-electron chi connectivity index (χ2n) is 6.19. The van der Waals surface area contributed by atoms with Crippen LogP contribution in [0, 0.1) is 11.8 Å². The lowest BCUT2D eigenvalue weighted by Gasteiger charge is -2.45. The van der Waals surface area contributed by atoms with E-state index in [1.807, 2.05) is 7.11 Å². The van der Waals surface area contributed by atoms with Crippen LogP contribution in [-0.4, -0.2) is 25.3 Å². The van der Waals surface area contributed by atoms with E-state index in [0.717, 1.165) is 18.4 Å². The quantitative estimate of drug-likeness (QED) is 0.767. The number of ether oxygens (including phenoxy) is 1. The molecule has 0 aliphatic heterocycles. The van der Waals surface area contributed by atoms with Crippen LogP contribution in [0.3, 0.4) is 0 Å². The van der Waals surface area contributed by atoms with Crippen molar-refractivity contribution in [3.05, 3.63) is 0 Å². The van der Waals surface area contributed by atoms with Crippen molar-refractivity contribution in [3.8, 4) is 0 Å². The van der Waals surface area contributed by atoms with Crippen LogP contribution in [0.2, 0.25) is 0 Å². The van der Waals surface area contributed by atoms with Gasteiger partial charge >= 0.3 is 0 Å². The van der Waals surface area contributed by atoms with Gasteiger partial charge in [0.25, 0.3) is 0 Å². The second kappa shape index (κ2) is 6.75. The van der Waals surface area contributed by atoms with Crippen molar-refractivity contribution in [2.24, 2.45) is 11.8 Å². The monoisotopic (exact) mass is 241 g/mol. The summed E-state index contributed by atoms with van der Waals surface area (Å²) in [5.41, 5.74) is 0.0901. The van der Waals surface area contributed by atoms with Crippen LogP contribution in [0.15, 0.2) is 0 Å². The summed E-state index contributed by atoms with van der Waals surface area (Å²) in [6.45, 7) is 10.2. The Morgan fingerprint density at radius 3 is 2.29 bits per heavy atom. The molecule has 1 N–H and O–H groups in total. The molecule has 2 nitrogen and oxygen atoms in total. The average Bonchev–Trinajstić information content (AvgIpc) is 2.30. The van der Waals surface area contributed by atoms with Crippen molar-refractivity contribution in [2.45, 2.75) is 71.4 Å². The number of likely N-dealkylation sites (N-methyl/N-ethyl adjacent to an activating group) is 1. The smallest absolute Gasteiger partial charge is 0.0831 e. The first-order chi connectivity index (χ1) is 8.04. The lowest BCUT2D eigenvalue weighted by Crippen LogP contribution is -2.54. The minimum absolute atomic E-state index is 0.0901. The van der Waals surface area contributed by atoms with Gasteiger partial charge in [-0.1, -0.05) is 27.7 Å². The van der Waals surface area contributed by atoms with E-state index >= 15 is 0 Å². The van der Waals surface area contributed by atoms with Gasteiger partial charge in [-0.05, 0) is 50.5 Å². The summed E-state index contributed by atoms with van der Waals surface area (Å²) in [7, 11) is 1.90. The van der Waals surface area contributed by atoms with Crippen LogP contribution in [0.4, 0.5) is 0 Å². The summed E-state index contributed by atoms with van der Waals surface area (Å²) >= 11 is 0. The van der Waals surface area contributed by atoms with Crippen molar-refractivity contribution >= 4 is 0 Å². The van der Waals surface area contributed by atoms with Crippen LogP contribution < -0.4 is 5.32 Å². The predicted octanol–water partition coefficient (Wildman–Crippen LogP) is 3.61. The van der Waals surface area contributed by atoms with Crippen molar-refractivity contribution < 1.29 is 4.74 Å². The maximum absolute atomic E-state index is 5.98. The van der Waals surface area contributed by atoms with Gasteiger partial charge in [-0.3, -0.25) is 0 Å². The van der Waals surface area contributed by atoms with E-state index < -0.39 is 0 Å². The van der Waals surface area contributed by atoms with Crippen molar-refractivity contribution in [1.82, 2.24) is 5.32 Å². The van der Waals surface area contributed by atoms with E-state index in [1.165, 1.54) is 32.1 Å². The first-order valence-electron chi connectivity index (χ1n) is 7.32. The normalized spacial score (nSPS) is 31.8. The third kappa shape index (κ3) is 3.96. The first-order valence-corrected chi connectivity index (χ1v) is 7.32. The summed E-state index contributed by atoms with van der Waals surface area (Å²) in [5, 5.41) is 3.67. The summed E-state index contributed by atoms with van der Waals surface area (Å²) < 4.78 is 5.98. The molecule has 17 heavy (non-hydrogen) atoms. The molecule has 0 aromatic rings. The van der Waals surface area contributed by atoms with Crippen molar-refractivity contribution in [1.29, 1.82) is 0 Å². The number of methoxy groups -OCH3 is 1. The van der Waals surface area contributed by atoms with E-state index in [-0.39, 0.29) is 5.60 Å². The van der Waals surface area contributed by atoms with Gasteiger partial charge in [-0.2, -0.15) is 0 Å². The molecule has 1 aliphatic rings. The Morgan fingerprint density at radius 2 is 1.88 bits per heavy atom. The van der Waals surface area contributed by atoms with E-state index in [2.05, 4.69) is 33.0 Å². The largest absolute Gasteiger partial charge is 0.377 e. The molecule has 0 aromatic carbocycles. The Labute approximate surface area is 108 Å². The summed E-state index contributed by atoms with van der Waals surface area (Å²) in [5.74, 6) is 1.60. The van der Waals surface area contributed by atoms with Gasteiger partial charge in [0.15, 0.2) is 0 Å². The number of hydrogen-bond donors (Lipinski definition) is 1. The number of hydrogen-bond acceptors (Lipinski definition) is 2. The fraction of sp³-hybridized carbons (Fsp3) is 1.00. The Balaban J connectivity index is 2.72. The molecule has 1 atom stereocenters. The maximum Gasteiger partial charge on any atom is 0.0831 e. The van der Waals surface area contributed by atoms with Gasteiger partial charge in [-0.15, -0.1) is 0 Å². The van der Waals surface area contributed by atoms with E-state index in [9.17, 15) is 0 Å². The van der Waals surface area contributed by atoms with Crippen molar-refractivity contribution in [3.63, 3.8) is 0 Å². The van der Waals surface area contributed by atoms with Gasteiger partial charge < -0.3 is 10.1 Å². The van der Waals surface area contributed by atoms with Crippen LogP contribution in [0.25, 0.3) is 0 Å². The third-order valence-electron chi connectivity index (χ3n) is 4.32. The van der Waals surface area contributed by atoms with E-state index in [1.54, 1.807) is 0 Å². The van der Waals surface area contributed by atoms with Gasteiger partial charge in [0, 0.05) is 13.2 Å². The molecule has 0 spiro atoms. The Hall–Kier alpha value is -0.0800. The summed E-state index contributed by atoms with van der Waals surface area (Å²) in [6.07, 6.45) is 6.28. The fourth-order valence-corrected chi connectivity index (χ4v) is 3.15. The SMILES string of the molecule is CCNC(CC(C)C)C1(OC)CCC(C)CC1. The van der Waals surface area contributed by atoms with Gasteiger partial charge in [0.2, 0.25) is 0 Å². The topological polar surface area (TPSA) is 21.3 Å². The zero-order chi connectivity index (χ0) is 12.9. The average molecular weight is 241 g/mol. The maximum atomic E-state index is 5.98. The molecular weight excluding hydrogens is 210 g/mol. The fourth-order valence-electron chi connectivity index (χ4n) is 3.15. The number of rotatable bonds is 6. The molecule has 0 bridgehead atoms. The molecule has 0 saturated heterocycles. The minimum Gasteiger partial charge on any atom is -0.377 e. The molecule has 0 aromatic heterocycles. The zero-order valence-electron chi connectivity index (χ0n) is 12.4. The molecule has 0 radical (unpaired) electrons. The van der Waals surface area contributed by atoms with Gasteiger partial charge in [-0.25, -0.2) is 0 Å². The highest BCUT2D eigenvalue weighted by atomic mass is 16.5. The Bertz CT molecular complexity index is 207. The van der Waals surface area contributed by atoms with Crippen molar-refractivity contribution in [2.75, 3.05) is 13.7 Å². The highest BCUT2D eigenvalue weighted by molar-refractivity contribution is 4.96. The zero-order valence-corrected chi connectivity index (χ0v) is 12.4. The lowest BCUT2D eigenvalue weighted by molar-refractivity contribution is -0.0784. The summed E-state index contributed by atoms with van der Waals surface area (Å²) in [6, 6.07) is 0.519. The minimum atomic E-state index is 0.0901. The molecule has 1 aliphatic carbocycles.